The van der Waals surface area contributed by atoms with Gasteiger partial charge in [-0.2, -0.15) is 0 Å². The van der Waals surface area contributed by atoms with E-state index in [0.29, 0.717) is 6.42 Å². The quantitative estimate of drug-likeness (QED) is 0.786. The van der Waals surface area contributed by atoms with Crippen molar-refractivity contribution in [2.75, 3.05) is 12.5 Å². The highest BCUT2D eigenvalue weighted by Crippen LogP contribution is 2.18. The van der Waals surface area contributed by atoms with E-state index in [4.69, 9.17) is 10.8 Å². The van der Waals surface area contributed by atoms with E-state index in [9.17, 15) is 9.00 Å². The van der Waals surface area contributed by atoms with Gasteiger partial charge in [-0.05, 0) is 11.6 Å². The molecule has 2 aromatic rings. The molecule has 0 amide bonds. The van der Waals surface area contributed by atoms with Crippen LogP contribution >= 0.6 is 0 Å². The summed E-state index contributed by atoms with van der Waals surface area (Å²) in [4.78, 5) is 13.7. The maximum atomic E-state index is 10.6. The third kappa shape index (κ3) is 4.84. The Hall–Kier alpha value is -1.66. The van der Waals surface area contributed by atoms with Crippen molar-refractivity contribution < 1.29 is 14.1 Å². The number of aromatic amines is 1. The zero-order chi connectivity index (χ0) is 14.4. The molecule has 4 N–H and O–H groups in total. The first-order valence-corrected chi connectivity index (χ1v) is 7.67. The molecule has 0 aliphatic rings. The molecular formula is C13H18N2O3S. The zero-order valence-electron chi connectivity index (χ0n) is 10.9. The number of aliphatic carboxylic acids is 1. The van der Waals surface area contributed by atoms with Crippen LogP contribution in [0, 0.1) is 0 Å². The summed E-state index contributed by atoms with van der Waals surface area (Å²) in [5, 5.41) is 9.75. The monoisotopic (exact) mass is 282 g/mol. The molecule has 1 atom stereocenters. The van der Waals surface area contributed by atoms with Gasteiger partial charge >= 0.3 is 5.97 Å². The molecule has 0 aliphatic carbocycles. The van der Waals surface area contributed by atoms with E-state index in [1.807, 2.05) is 30.5 Å². The Balaban J connectivity index is 0.000000399. The van der Waals surface area contributed by atoms with Gasteiger partial charge < -0.3 is 15.8 Å². The normalized spacial score (nSPS) is 12.0. The molecule has 2 rings (SSSR count). The van der Waals surface area contributed by atoms with Crippen LogP contribution in [-0.2, 0) is 22.0 Å². The average Bonchev–Trinajstić information content (AvgIpc) is 2.72. The fourth-order valence-electron chi connectivity index (χ4n) is 1.62. The van der Waals surface area contributed by atoms with Gasteiger partial charge in [0.05, 0.1) is 0 Å². The highest BCUT2D eigenvalue weighted by Gasteiger charge is 2.14. The van der Waals surface area contributed by atoms with E-state index in [1.165, 1.54) is 0 Å². The Morgan fingerprint density at radius 2 is 2.00 bits per heavy atom. The number of para-hydroxylation sites is 1. The number of fused-ring (bicyclic) bond motifs is 1. The van der Waals surface area contributed by atoms with Crippen LogP contribution in [0.25, 0.3) is 10.9 Å². The molecule has 5 nitrogen and oxygen atoms in total. The van der Waals surface area contributed by atoms with E-state index in [2.05, 4.69) is 4.98 Å². The summed E-state index contributed by atoms with van der Waals surface area (Å²) in [6.45, 7) is 0. The first-order valence-electron chi connectivity index (χ1n) is 5.70. The van der Waals surface area contributed by atoms with Gasteiger partial charge in [0.1, 0.15) is 6.04 Å². The molecule has 19 heavy (non-hydrogen) atoms. The van der Waals surface area contributed by atoms with Gasteiger partial charge in [0.2, 0.25) is 0 Å². The van der Waals surface area contributed by atoms with Gasteiger partial charge in [0.15, 0.2) is 0 Å². The second kappa shape index (κ2) is 7.06. The van der Waals surface area contributed by atoms with Crippen LogP contribution < -0.4 is 5.73 Å². The lowest BCUT2D eigenvalue weighted by molar-refractivity contribution is -0.138. The molecule has 0 saturated carbocycles. The molecule has 6 heteroatoms. The lowest BCUT2D eigenvalue weighted by atomic mass is 10.1. The van der Waals surface area contributed by atoms with Crippen molar-refractivity contribution in [2.24, 2.45) is 5.73 Å². The van der Waals surface area contributed by atoms with E-state index in [1.54, 1.807) is 12.5 Å². The third-order valence-electron chi connectivity index (χ3n) is 2.43. The summed E-state index contributed by atoms with van der Waals surface area (Å²) in [7, 11) is -0.611. The number of rotatable bonds is 3. The van der Waals surface area contributed by atoms with E-state index < -0.39 is 22.8 Å². The Labute approximate surface area is 114 Å². The summed E-state index contributed by atoms with van der Waals surface area (Å²) in [5.74, 6) is -0.972. The number of nitrogens with two attached hydrogens (primary N) is 1. The van der Waals surface area contributed by atoms with Crippen LogP contribution in [0.2, 0.25) is 0 Å². The van der Waals surface area contributed by atoms with Gasteiger partial charge in [-0.15, -0.1) is 0 Å². The summed E-state index contributed by atoms with van der Waals surface area (Å²) in [6.07, 6.45) is 5.44. The molecule has 1 unspecified atom stereocenters. The van der Waals surface area contributed by atoms with Crippen LogP contribution in [0.3, 0.4) is 0 Å². The van der Waals surface area contributed by atoms with Crippen molar-refractivity contribution in [3.63, 3.8) is 0 Å². The predicted molar refractivity (Wildman–Crippen MR) is 77.6 cm³/mol. The van der Waals surface area contributed by atoms with Gasteiger partial charge in [0, 0.05) is 46.8 Å². The molecule has 1 aromatic carbocycles. The molecule has 0 saturated heterocycles. The number of carbonyl (C=O) groups is 1. The van der Waals surface area contributed by atoms with Crippen LogP contribution in [0.15, 0.2) is 30.5 Å². The zero-order valence-corrected chi connectivity index (χ0v) is 11.7. The highest BCUT2D eigenvalue weighted by atomic mass is 32.2. The molecular weight excluding hydrogens is 264 g/mol. The molecule has 0 fully saturated rings. The summed E-state index contributed by atoms with van der Waals surface area (Å²) in [6, 6.07) is 6.91. The largest absolute Gasteiger partial charge is 0.480 e. The molecule has 1 heterocycles. The van der Waals surface area contributed by atoms with Crippen LogP contribution in [0.5, 0.6) is 0 Å². The molecule has 1 aromatic heterocycles. The van der Waals surface area contributed by atoms with Crippen molar-refractivity contribution in [2.45, 2.75) is 12.5 Å². The Morgan fingerprint density at radius 3 is 2.58 bits per heavy atom. The SMILES string of the molecule is CS(C)=O.NC(Cc1c[nH]c2ccccc12)C(=O)O. The minimum absolute atomic E-state index is 0.347. The molecule has 0 bridgehead atoms. The first-order chi connectivity index (χ1) is 8.91. The van der Waals surface area contributed by atoms with Gasteiger partial charge in [-0.25, -0.2) is 0 Å². The summed E-state index contributed by atoms with van der Waals surface area (Å²) < 4.78 is 9.56. The number of H-pyrrole nitrogens is 1. The van der Waals surface area contributed by atoms with Gasteiger partial charge in [0.25, 0.3) is 0 Å². The van der Waals surface area contributed by atoms with Gasteiger partial charge in [-0.3, -0.25) is 9.00 Å². The second-order valence-electron chi connectivity index (χ2n) is 4.25. The lowest BCUT2D eigenvalue weighted by Gasteiger charge is -2.04. The number of nitrogens with one attached hydrogen (secondary N) is 1. The van der Waals surface area contributed by atoms with Crippen molar-refractivity contribution in [1.29, 1.82) is 0 Å². The standard InChI is InChI=1S/C11H12N2O2.C2H6OS/c12-9(11(14)15)5-7-6-13-10-4-2-1-3-8(7)10;1-4(2)3/h1-4,6,9,13H,5,12H2,(H,14,15);1-2H3. The number of hydrogen-bond acceptors (Lipinski definition) is 3. The van der Waals surface area contributed by atoms with Crippen LogP contribution in [0.4, 0.5) is 0 Å². The number of carboxylic acid groups (broad SMARTS) is 1. The van der Waals surface area contributed by atoms with Crippen molar-refractivity contribution in [1.82, 2.24) is 4.98 Å². The number of aromatic nitrogens is 1. The fourth-order valence-corrected chi connectivity index (χ4v) is 1.62. The number of carboxylic acids is 1. The molecule has 104 valence electrons. The lowest BCUT2D eigenvalue weighted by Crippen LogP contribution is -2.32. The summed E-state index contributed by atoms with van der Waals surface area (Å²) >= 11 is 0. The highest BCUT2D eigenvalue weighted by molar-refractivity contribution is 7.83. The van der Waals surface area contributed by atoms with Crippen molar-refractivity contribution >= 4 is 27.7 Å². The minimum atomic E-state index is -0.972. The molecule has 0 radical (unpaired) electrons. The minimum Gasteiger partial charge on any atom is -0.480 e. The molecule has 0 spiro atoms. The van der Waals surface area contributed by atoms with E-state index in [0.717, 1.165) is 16.5 Å². The second-order valence-corrected chi connectivity index (χ2v) is 5.73. The Morgan fingerprint density at radius 1 is 1.42 bits per heavy atom. The van der Waals surface area contributed by atoms with Crippen molar-refractivity contribution in [3.05, 3.63) is 36.0 Å². The van der Waals surface area contributed by atoms with E-state index >= 15 is 0 Å². The van der Waals surface area contributed by atoms with Crippen molar-refractivity contribution in [3.8, 4) is 0 Å². The maximum absolute atomic E-state index is 10.6. The maximum Gasteiger partial charge on any atom is 0.320 e. The van der Waals surface area contributed by atoms with Gasteiger partial charge in [-0.1, -0.05) is 18.2 Å². The first kappa shape index (κ1) is 15.4. The Bertz CT molecular complexity index is 576. The topological polar surface area (TPSA) is 96.2 Å². The molecule has 0 aliphatic heterocycles. The van der Waals surface area contributed by atoms with Crippen LogP contribution in [0.1, 0.15) is 5.56 Å². The van der Waals surface area contributed by atoms with E-state index in [-0.39, 0.29) is 0 Å². The summed E-state index contributed by atoms with van der Waals surface area (Å²) in [5.41, 5.74) is 7.43. The fraction of sp³-hybridized carbons (Fsp3) is 0.308. The predicted octanol–water partition coefficient (Wildman–Crippen LogP) is 1.12. The van der Waals surface area contributed by atoms with Crippen LogP contribution in [-0.4, -0.2) is 38.8 Å². The number of benzene rings is 1. The smallest absolute Gasteiger partial charge is 0.320 e. The average molecular weight is 282 g/mol. The Kier molecular flexibility index (Phi) is 5.72. The third-order valence-corrected chi connectivity index (χ3v) is 2.43. The number of hydrogen-bond donors (Lipinski definition) is 3.